The van der Waals surface area contributed by atoms with E-state index in [9.17, 15) is 4.79 Å². The normalized spacial score (nSPS) is 10.6. The van der Waals surface area contributed by atoms with E-state index in [1.165, 1.54) is 0 Å². The summed E-state index contributed by atoms with van der Waals surface area (Å²) in [7, 11) is 0. The van der Waals surface area contributed by atoms with Gasteiger partial charge in [-0.15, -0.1) is 6.58 Å². The van der Waals surface area contributed by atoms with E-state index in [0.717, 1.165) is 34.5 Å². The van der Waals surface area contributed by atoms with Gasteiger partial charge in [-0.1, -0.05) is 37.3 Å². The molecule has 0 aliphatic carbocycles. The predicted molar refractivity (Wildman–Crippen MR) is 87.4 cm³/mol. The van der Waals surface area contributed by atoms with E-state index < -0.39 is 0 Å². The monoisotopic (exact) mass is 282 g/mol. The first kappa shape index (κ1) is 15.1. The number of hydrogen-bond acceptors (Lipinski definition) is 1. The smallest absolute Gasteiger partial charge is 0.251 e. The highest BCUT2D eigenvalue weighted by Gasteiger charge is 2.24. The van der Waals surface area contributed by atoms with Crippen molar-refractivity contribution in [3.63, 3.8) is 0 Å². The highest BCUT2D eigenvalue weighted by Crippen LogP contribution is 2.34. The Kier molecular flexibility index (Phi) is 4.32. The maximum absolute atomic E-state index is 12.0. The van der Waals surface area contributed by atoms with Crippen LogP contribution in [-0.2, 0) is 13.0 Å². The van der Waals surface area contributed by atoms with Crippen LogP contribution in [0.3, 0.4) is 0 Å². The number of nitrogens with two attached hydrogens (primary N) is 1. The van der Waals surface area contributed by atoms with E-state index in [-0.39, 0.29) is 5.91 Å². The number of carbonyl (C=O) groups is 1. The van der Waals surface area contributed by atoms with Crippen LogP contribution in [0.15, 0.2) is 36.9 Å². The summed E-state index contributed by atoms with van der Waals surface area (Å²) < 4.78 is 2.13. The molecule has 0 unspecified atom stereocenters. The van der Waals surface area contributed by atoms with Crippen LogP contribution in [0.2, 0.25) is 0 Å². The molecule has 0 fully saturated rings. The van der Waals surface area contributed by atoms with Gasteiger partial charge in [-0.2, -0.15) is 0 Å². The molecule has 0 spiro atoms. The van der Waals surface area contributed by atoms with Crippen LogP contribution in [-0.4, -0.2) is 10.5 Å². The number of aromatic nitrogens is 1. The maximum Gasteiger partial charge on any atom is 0.251 e. The number of aryl methyl sites for hydroxylation is 1. The van der Waals surface area contributed by atoms with Gasteiger partial charge in [0.05, 0.1) is 5.56 Å². The zero-order valence-corrected chi connectivity index (χ0v) is 12.9. The number of nitrogens with zero attached hydrogens (tertiary/aromatic N) is 1. The molecular weight excluding hydrogens is 260 g/mol. The molecule has 0 aliphatic heterocycles. The minimum Gasteiger partial charge on any atom is -0.366 e. The van der Waals surface area contributed by atoms with Crippen LogP contribution >= 0.6 is 0 Å². The van der Waals surface area contributed by atoms with Crippen LogP contribution in [0.25, 0.3) is 11.1 Å². The van der Waals surface area contributed by atoms with Gasteiger partial charge < -0.3 is 10.3 Å². The molecule has 1 heterocycles. The number of carbonyl (C=O) groups excluding carboxylic acids is 1. The second-order valence-corrected chi connectivity index (χ2v) is 5.21. The lowest BCUT2D eigenvalue weighted by Crippen LogP contribution is -2.13. The molecular formula is C18H22N2O. The van der Waals surface area contributed by atoms with Gasteiger partial charge in [0.25, 0.3) is 5.91 Å². The van der Waals surface area contributed by atoms with Crippen LogP contribution in [0.5, 0.6) is 0 Å². The maximum atomic E-state index is 12.0. The first-order chi connectivity index (χ1) is 10.0. The van der Waals surface area contributed by atoms with E-state index in [0.29, 0.717) is 12.1 Å². The summed E-state index contributed by atoms with van der Waals surface area (Å²) in [5, 5.41) is 0. The molecule has 0 bridgehead atoms. The Bertz CT molecular complexity index is 695. The summed E-state index contributed by atoms with van der Waals surface area (Å²) in [4.78, 5) is 12.0. The topological polar surface area (TPSA) is 48.0 Å². The van der Waals surface area contributed by atoms with Crippen LogP contribution in [0.4, 0.5) is 0 Å². The van der Waals surface area contributed by atoms with Gasteiger partial charge in [0.15, 0.2) is 0 Å². The fourth-order valence-corrected chi connectivity index (χ4v) is 2.99. The van der Waals surface area contributed by atoms with Crippen molar-refractivity contribution in [1.82, 2.24) is 4.57 Å². The summed E-state index contributed by atoms with van der Waals surface area (Å²) in [6.07, 6.45) is 2.68. The molecule has 110 valence electrons. The van der Waals surface area contributed by atoms with Gasteiger partial charge in [0, 0.05) is 23.5 Å². The Hall–Kier alpha value is -2.29. The standard InChI is InChI=1S/C18H22N2O/c1-5-11-20-13(4)16(18(19)21)17(15(20)6-2)14-10-8-7-9-12(14)3/h5,7-10H,1,6,11H2,2-4H3,(H2,19,21). The fraction of sp³-hybridized carbons (Fsp3) is 0.278. The lowest BCUT2D eigenvalue weighted by molar-refractivity contribution is 0.1000. The second kappa shape index (κ2) is 6.00. The number of rotatable bonds is 5. The second-order valence-electron chi connectivity index (χ2n) is 5.21. The van der Waals surface area contributed by atoms with Crippen molar-refractivity contribution in [3.05, 3.63) is 59.4 Å². The zero-order chi connectivity index (χ0) is 15.6. The summed E-state index contributed by atoms with van der Waals surface area (Å²) in [5.41, 5.74) is 11.5. The van der Waals surface area contributed by atoms with Crippen molar-refractivity contribution >= 4 is 5.91 Å². The average Bonchev–Trinajstić information content (AvgIpc) is 2.72. The molecule has 0 saturated carbocycles. The zero-order valence-electron chi connectivity index (χ0n) is 12.9. The van der Waals surface area contributed by atoms with Crippen molar-refractivity contribution in [2.75, 3.05) is 0 Å². The lowest BCUT2D eigenvalue weighted by Gasteiger charge is -2.11. The third kappa shape index (κ3) is 2.51. The van der Waals surface area contributed by atoms with Gasteiger partial charge in [0.2, 0.25) is 0 Å². The summed E-state index contributed by atoms with van der Waals surface area (Å²) in [6, 6.07) is 8.10. The van der Waals surface area contributed by atoms with Crippen molar-refractivity contribution in [3.8, 4) is 11.1 Å². The van der Waals surface area contributed by atoms with Gasteiger partial charge in [0.1, 0.15) is 0 Å². The Morgan fingerprint density at radius 1 is 1.33 bits per heavy atom. The third-order valence-corrected chi connectivity index (χ3v) is 3.94. The molecule has 0 atom stereocenters. The number of benzene rings is 1. The van der Waals surface area contributed by atoms with Crippen LogP contribution in [0, 0.1) is 13.8 Å². The number of amides is 1. The molecule has 2 N–H and O–H groups in total. The number of primary amides is 1. The molecule has 21 heavy (non-hydrogen) atoms. The van der Waals surface area contributed by atoms with Gasteiger partial charge in [-0.25, -0.2) is 0 Å². The van der Waals surface area contributed by atoms with Gasteiger partial charge >= 0.3 is 0 Å². The van der Waals surface area contributed by atoms with Crippen molar-refractivity contribution in [2.45, 2.75) is 33.7 Å². The average molecular weight is 282 g/mol. The first-order valence-corrected chi connectivity index (χ1v) is 7.21. The molecule has 0 aliphatic rings. The van der Waals surface area contributed by atoms with Gasteiger partial charge in [-0.3, -0.25) is 4.79 Å². The Morgan fingerprint density at radius 2 is 2.00 bits per heavy atom. The van der Waals surface area contributed by atoms with Crippen molar-refractivity contribution in [1.29, 1.82) is 0 Å². The first-order valence-electron chi connectivity index (χ1n) is 7.21. The number of allylic oxidation sites excluding steroid dienone is 1. The molecule has 0 radical (unpaired) electrons. The Balaban J connectivity index is 2.86. The largest absolute Gasteiger partial charge is 0.366 e. The van der Waals surface area contributed by atoms with E-state index in [2.05, 4.69) is 31.1 Å². The molecule has 0 saturated heterocycles. The Morgan fingerprint density at radius 3 is 2.52 bits per heavy atom. The van der Waals surface area contributed by atoms with Crippen LogP contribution < -0.4 is 5.73 Å². The fourth-order valence-electron chi connectivity index (χ4n) is 2.99. The Labute approximate surface area is 126 Å². The SMILES string of the molecule is C=CCn1c(C)c(C(N)=O)c(-c2ccccc2C)c1CC. The molecule has 1 amide bonds. The number of hydrogen-bond donors (Lipinski definition) is 1. The molecule has 1 aromatic heterocycles. The van der Waals surface area contributed by atoms with Crippen molar-refractivity contribution < 1.29 is 4.79 Å². The van der Waals surface area contributed by atoms with E-state index >= 15 is 0 Å². The summed E-state index contributed by atoms with van der Waals surface area (Å²) in [6.45, 7) is 10.6. The third-order valence-electron chi connectivity index (χ3n) is 3.94. The minimum absolute atomic E-state index is 0.372. The van der Waals surface area contributed by atoms with Crippen LogP contribution in [0.1, 0.15) is 34.2 Å². The lowest BCUT2D eigenvalue weighted by atomic mass is 9.95. The van der Waals surface area contributed by atoms with E-state index in [4.69, 9.17) is 5.73 Å². The van der Waals surface area contributed by atoms with E-state index in [1.807, 2.05) is 31.2 Å². The molecule has 2 aromatic rings. The van der Waals surface area contributed by atoms with E-state index in [1.54, 1.807) is 0 Å². The van der Waals surface area contributed by atoms with Crippen molar-refractivity contribution in [2.24, 2.45) is 5.73 Å². The summed E-state index contributed by atoms with van der Waals surface area (Å²) >= 11 is 0. The summed E-state index contributed by atoms with van der Waals surface area (Å²) in [5.74, 6) is -0.372. The molecule has 2 rings (SSSR count). The highest BCUT2D eigenvalue weighted by molar-refractivity contribution is 6.02. The van der Waals surface area contributed by atoms with Gasteiger partial charge in [-0.05, 0) is 31.4 Å². The molecule has 1 aromatic carbocycles. The minimum atomic E-state index is -0.372. The quantitative estimate of drug-likeness (QED) is 0.837. The molecule has 3 heteroatoms. The predicted octanol–water partition coefficient (Wildman–Crippen LogP) is 3.62. The molecule has 3 nitrogen and oxygen atoms in total. The highest BCUT2D eigenvalue weighted by atomic mass is 16.1.